The summed E-state index contributed by atoms with van der Waals surface area (Å²) < 4.78 is 27.8. The monoisotopic (exact) mass is 312 g/mol. The number of hydrogen-bond acceptors (Lipinski definition) is 5. The molecule has 1 aromatic rings. The van der Waals surface area contributed by atoms with E-state index in [0.717, 1.165) is 5.56 Å². The number of rotatable bonds is 11. The molecule has 0 aliphatic heterocycles. The maximum Gasteiger partial charge on any atom is 0.161 e. The zero-order valence-electron chi connectivity index (χ0n) is 14.3. The van der Waals surface area contributed by atoms with Gasteiger partial charge < -0.3 is 23.7 Å². The Balaban J connectivity index is 2.93. The van der Waals surface area contributed by atoms with E-state index in [2.05, 4.69) is 0 Å². The number of ether oxygens (including phenoxy) is 5. The van der Waals surface area contributed by atoms with Crippen molar-refractivity contribution in [1.82, 2.24) is 0 Å². The van der Waals surface area contributed by atoms with Crippen molar-refractivity contribution in [3.8, 4) is 11.5 Å². The lowest BCUT2D eigenvalue weighted by Gasteiger charge is -2.24. The summed E-state index contributed by atoms with van der Waals surface area (Å²) in [7, 11) is 3.25. The van der Waals surface area contributed by atoms with Gasteiger partial charge in [0.05, 0.1) is 20.3 Å². The Bertz CT molecular complexity index is 416. The van der Waals surface area contributed by atoms with Crippen molar-refractivity contribution >= 4 is 0 Å². The second-order valence-corrected chi connectivity index (χ2v) is 4.63. The molecule has 1 atom stereocenters. The minimum Gasteiger partial charge on any atom is -0.493 e. The van der Waals surface area contributed by atoms with Gasteiger partial charge in [0.2, 0.25) is 0 Å². The molecule has 0 radical (unpaired) electrons. The topological polar surface area (TPSA) is 46.2 Å². The molecule has 0 aliphatic rings. The zero-order chi connectivity index (χ0) is 16.4. The molecule has 1 rings (SSSR count). The first kappa shape index (κ1) is 18.7. The first-order chi connectivity index (χ1) is 10.7. The lowest BCUT2D eigenvalue weighted by Crippen LogP contribution is -2.22. The van der Waals surface area contributed by atoms with Gasteiger partial charge in [-0.25, -0.2) is 0 Å². The van der Waals surface area contributed by atoms with Gasteiger partial charge in [-0.3, -0.25) is 0 Å². The fourth-order valence-corrected chi connectivity index (χ4v) is 2.29. The highest BCUT2D eigenvalue weighted by atomic mass is 16.7. The SMILES string of the molecule is CCOC(CC(OCC)c1ccc(OC)c(OC)c1)OCC. The highest BCUT2D eigenvalue weighted by molar-refractivity contribution is 5.43. The average molecular weight is 312 g/mol. The average Bonchev–Trinajstić information content (AvgIpc) is 2.54. The van der Waals surface area contributed by atoms with E-state index in [1.54, 1.807) is 14.2 Å². The lowest BCUT2D eigenvalue weighted by molar-refractivity contribution is -0.158. The summed E-state index contributed by atoms with van der Waals surface area (Å²) in [6.07, 6.45) is 0.234. The van der Waals surface area contributed by atoms with Crippen LogP contribution in [0, 0.1) is 0 Å². The van der Waals surface area contributed by atoms with Crippen LogP contribution < -0.4 is 9.47 Å². The summed E-state index contributed by atoms with van der Waals surface area (Å²) in [6, 6.07) is 5.81. The Labute approximate surface area is 133 Å². The van der Waals surface area contributed by atoms with E-state index < -0.39 is 0 Å². The maximum atomic E-state index is 5.87. The van der Waals surface area contributed by atoms with Crippen LogP contribution in [0.5, 0.6) is 11.5 Å². The highest BCUT2D eigenvalue weighted by Crippen LogP contribution is 2.33. The standard InChI is InChI=1S/C17H28O5/c1-6-20-15(12-17(21-7-2)22-8-3)13-9-10-14(18-4)16(11-13)19-5/h9-11,15,17H,6-8,12H2,1-5H3. The number of hydrogen-bond donors (Lipinski definition) is 0. The second-order valence-electron chi connectivity index (χ2n) is 4.63. The quantitative estimate of drug-likeness (QED) is 0.585. The molecule has 0 spiro atoms. The molecule has 0 heterocycles. The Morgan fingerprint density at radius 1 is 0.818 bits per heavy atom. The molecule has 5 heteroatoms. The summed E-state index contributed by atoms with van der Waals surface area (Å²) in [4.78, 5) is 0. The van der Waals surface area contributed by atoms with Crippen LogP contribution in [-0.4, -0.2) is 40.3 Å². The molecular formula is C17H28O5. The molecular weight excluding hydrogens is 284 g/mol. The summed E-state index contributed by atoms with van der Waals surface area (Å²) in [6.45, 7) is 7.72. The van der Waals surface area contributed by atoms with E-state index >= 15 is 0 Å². The highest BCUT2D eigenvalue weighted by Gasteiger charge is 2.20. The molecule has 0 saturated heterocycles. The predicted octanol–water partition coefficient (Wildman–Crippen LogP) is 3.57. The van der Waals surface area contributed by atoms with Crippen molar-refractivity contribution in [2.75, 3.05) is 34.0 Å². The van der Waals surface area contributed by atoms with E-state index in [1.165, 1.54) is 0 Å². The van der Waals surface area contributed by atoms with Crippen LogP contribution in [0.4, 0.5) is 0 Å². The Morgan fingerprint density at radius 2 is 1.41 bits per heavy atom. The van der Waals surface area contributed by atoms with Crippen molar-refractivity contribution in [3.05, 3.63) is 23.8 Å². The number of benzene rings is 1. The van der Waals surface area contributed by atoms with Crippen LogP contribution in [-0.2, 0) is 14.2 Å². The molecule has 22 heavy (non-hydrogen) atoms. The third-order valence-electron chi connectivity index (χ3n) is 3.26. The fourth-order valence-electron chi connectivity index (χ4n) is 2.29. The van der Waals surface area contributed by atoms with Crippen LogP contribution in [0.25, 0.3) is 0 Å². The van der Waals surface area contributed by atoms with E-state index in [0.29, 0.717) is 37.7 Å². The fraction of sp³-hybridized carbons (Fsp3) is 0.647. The van der Waals surface area contributed by atoms with Crippen molar-refractivity contribution in [2.24, 2.45) is 0 Å². The minimum absolute atomic E-state index is 0.118. The lowest BCUT2D eigenvalue weighted by atomic mass is 10.1. The number of methoxy groups -OCH3 is 2. The van der Waals surface area contributed by atoms with E-state index in [9.17, 15) is 0 Å². The molecule has 0 saturated carbocycles. The van der Waals surface area contributed by atoms with Crippen molar-refractivity contribution in [1.29, 1.82) is 0 Å². The van der Waals surface area contributed by atoms with Crippen LogP contribution in [0.3, 0.4) is 0 Å². The van der Waals surface area contributed by atoms with Gasteiger partial charge in [-0.05, 0) is 38.5 Å². The third-order valence-corrected chi connectivity index (χ3v) is 3.26. The molecule has 0 amide bonds. The van der Waals surface area contributed by atoms with Gasteiger partial charge in [0.1, 0.15) is 0 Å². The smallest absolute Gasteiger partial charge is 0.161 e. The maximum absolute atomic E-state index is 5.87. The summed E-state index contributed by atoms with van der Waals surface area (Å²) >= 11 is 0. The van der Waals surface area contributed by atoms with Crippen LogP contribution in [0.15, 0.2) is 18.2 Å². The van der Waals surface area contributed by atoms with Crippen LogP contribution in [0.2, 0.25) is 0 Å². The third kappa shape index (κ3) is 5.48. The van der Waals surface area contributed by atoms with Gasteiger partial charge in [0.15, 0.2) is 17.8 Å². The van der Waals surface area contributed by atoms with E-state index in [-0.39, 0.29) is 12.4 Å². The molecule has 0 aliphatic carbocycles. The first-order valence-corrected chi connectivity index (χ1v) is 7.76. The largest absolute Gasteiger partial charge is 0.493 e. The Hall–Kier alpha value is -1.30. The van der Waals surface area contributed by atoms with Gasteiger partial charge >= 0.3 is 0 Å². The Morgan fingerprint density at radius 3 is 1.91 bits per heavy atom. The van der Waals surface area contributed by atoms with E-state index in [1.807, 2.05) is 39.0 Å². The van der Waals surface area contributed by atoms with E-state index in [4.69, 9.17) is 23.7 Å². The molecule has 5 nitrogen and oxygen atoms in total. The van der Waals surface area contributed by atoms with Crippen molar-refractivity contribution < 1.29 is 23.7 Å². The molecule has 0 bridgehead atoms. The summed E-state index contributed by atoms with van der Waals surface area (Å²) in [5.41, 5.74) is 1.02. The van der Waals surface area contributed by atoms with Crippen molar-refractivity contribution in [2.45, 2.75) is 39.6 Å². The molecule has 0 aromatic heterocycles. The summed E-state index contributed by atoms with van der Waals surface area (Å²) in [5, 5.41) is 0. The van der Waals surface area contributed by atoms with Crippen LogP contribution in [0.1, 0.15) is 38.9 Å². The normalized spacial score (nSPS) is 12.5. The second kappa shape index (κ2) is 10.4. The molecule has 0 fully saturated rings. The van der Waals surface area contributed by atoms with Gasteiger partial charge in [0, 0.05) is 26.2 Å². The van der Waals surface area contributed by atoms with Crippen molar-refractivity contribution in [3.63, 3.8) is 0 Å². The van der Waals surface area contributed by atoms with Crippen LogP contribution >= 0.6 is 0 Å². The van der Waals surface area contributed by atoms with Gasteiger partial charge in [0.25, 0.3) is 0 Å². The van der Waals surface area contributed by atoms with Gasteiger partial charge in [-0.1, -0.05) is 6.07 Å². The molecule has 1 unspecified atom stereocenters. The molecule has 126 valence electrons. The molecule has 0 N–H and O–H groups in total. The first-order valence-electron chi connectivity index (χ1n) is 7.76. The molecule has 1 aromatic carbocycles. The minimum atomic E-state index is -0.278. The zero-order valence-corrected chi connectivity index (χ0v) is 14.3. The van der Waals surface area contributed by atoms with Gasteiger partial charge in [-0.2, -0.15) is 0 Å². The summed E-state index contributed by atoms with van der Waals surface area (Å²) in [5.74, 6) is 1.39. The predicted molar refractivity (Wildman–Crippen MR) is 85.6 cm³/mol. The van der Waals surface area contributed by atoms with Gasteiger partial charge in [-0.15, -0.1) is 0 Å². The Kier molecular flexibility index (Phi) is 8.89.